The van der Waals surface area contributed by atoms with E-state index in [4.69, 9.17) is 4.42 Å². The van der Waals surface area contributed by atoms with E-state index in [-0.39, 0.29) is 47.7 Å². The predicted octanol–water partition coefficient (Wildman–Crippen LogP) is 1.15. The molecule has 0 aliphatic carbocycles. The van der Waals surface area contributed by atoms with Crippen LogP contribution in [0.2, 0.25) is 0 Å². The second-order valence-electron chi connectivity index (χ2n) is 7.92. The van der Waals surface area contributed by atoms with Crippen LogP contribution in [0.4, 0.5) is 4.39 Å². The Morgan fingerprint density at radius 3 is 2.53 bits per heavy atom. The number of aliphatic hydroxyl groups is 1. The number of halogens is 1. The molecule has 3 rings (SSSR count). The van der Waals surface area contributed by atoms with E-state index in [0.29, 0.717) is 16.9 Å². The predicted molar refractivity (Wildman–Crippen MR) is 115 cm³/mol. The van der Waals surface area contributed by atoms with Crippen molar-refractivity contribution in [1.29, 1.82) is 0 Å². The van der Waals surface area contributed by atoms with Crippen molar-refractivity contribution < 1.29 is 58.2 Å². The van der Waals surface area contributed by atoms with Gasteiger partial charge in [0.05, 0.1) is 6.10 Å². The third-order valence-electron chi connectivity index (χ3n) is 5.10. The van der Waals surface area contributed by atoms with Crippen molar-refractivity contribution >= 4 is 28.8 Å². The second kappa shape index (κ2) is 11.1. The number of aryl methyl sites for hydroxylation is 1. The minimum atomic E-state index is -1.42. The molecule has 0 fully saturated rings. The standard InChI is InChI=1S/C25H25FO5.Na/c1-14(2)19-5-4-6-20-24(16-7-9-21(26)15(3)11-16)22(31-25(19)20)10-8-17(27)12-18(28)13-23(29)30;/h4-11,14,18,28H,12-13H2,1-3H3,(H,29,30);/q;+1/p-1. The molecule has 1 aromatic heterocycles. The summed E-state index contributed by atoms with van der Waals surface area (Å²) in [5, 5.41) is 21.1. The Kier molecular flexibility index (Phi) is 8.98. The minimum Gasteiger partial charge on any atom is -0.550 e. The molecule has 1 N–H and O–H groups in total. The number of rotatable bonds is 8. The average Bonchev–Trinajstić information content (AvgIpc) is 3.06. The van der Waals surface area contributed by atoms with Gasteiger partial charge in [0.2, 0.25) is 0 Å². The molecule has 0 aliphatic heterocycles. The number of benzene rings is 2. The smallest absolute Gasteiger partial charge is 0.550 e. The molecular formula is C25H24FNaO5. The molecule has 1 unspecified atom stereocenters. The van der Waals surface area contributed by atoms with Crippen LogP contribution in [0.3, 0.4) is 0 Å². The summed E-state index contributed by atoms with van der Waals surface area (Å²) in [6.07, 6.45) is 0.497. The monoisotopic (exact) mass is 446 g/mol. The first-order chi connectivity index (χ1) is 14.7. The minimum absolute atomic E-state index is 0. The molecule has 32 heavy (non-hydrogen) atoms. The Bertz CT molecular complexity index is 1160. The molecule has 5 nitrogen and oxygen atoms in total. The molecule has 0 aliphatic rings. The first-order valence-corrected chi connectivity index (χ1v) is 10.1. The molecule has 0 radical (unpaired) electrons. The SMILES string of the molecule is Cc1cc(-c2c(C=CC(=O)CC(O)CC(=O)[O-])oc3c(C(C)C)cccc23)ccc1F.[Na+]. The van der Waals surface area contributed by atoms with Gasteiger partial charge in [0, 0.05) is 29.8 Å². The van der Waals surface area contributed by atoms with Crippen molar-refractivity contribution in [3.8, 4) is 11.1 Å². The van der Waals surface area contributed by atoms with Crippen LogP contribution in [0, 0.1) is 12.7 Å². The zero-order valence-electron chi connectivity index (χ0n) is 18.6. The summed E-state index contributed by atoms with van der Waals surface area (Å²) in [4.78, 5) is 22.8. The molecule has 3 aromatic rings. The molecule has 2 aromatic carbocycles. The van der Waals surface area contributed by atoms with Gasteiger partial charge in [0.25, 0.3) is 0 Å². The van der Waals surface area contributed by atoms with Crippen molar-refractivity contribution in [2.75, 3.05) is 0 Å². The van der Waals surface area contributed by atoms with Crippen LogP contribution in [-0.4, -0.2) is 23.0 Å². The fraction of sp³-hybridized carbons (Fsp3) is 0.280. The Balaban J connectivity index is 0.00000363. The number of carbonyl (C=O) groups is 2. The molecule has 0 amide bonds. The van der Waals surface area contributed by atoms with Crippen LogP contribution in [-0.2, 0) is 9.59 Å². The molecule has 0 saturated heterocycles. The van der Waals surface area contributed by atoms with Gasteiger partial charge in [-0.3, -0.25) is 4.79 Å². The van der Waals surface area contributed by atoms with E-state index in [9.17, 15) is 24.2 Å². The molecule has 0 bridgehead atoms. The number of furan rings is 1. The van der Waals surface area contributed by atoms with Gasteiger partial charge < -0.3 is 19.4 Å². The van der Waals surface area contributed by atoms with Crippen LogP contribution < -0.4 is 34.7 Å². The topological polar surface area (TPSA) is 90.6 Å². The number of hydrogen-bond acceptors (Lipinski definition) is 5. The van der Waals surface area contributed by atoms with Crippen LogP contribution in [0.15, 0.2) is 46.9 Å². The number of ketones is 1. The molecule has 1 heterocycles. The third kappa shape index (κ3) is 5.95. The number of aliphatic hydroxyl groups excluding tert-OH is 1. The fourth-order valence-corrected chi connectivity index (χ4v) is 3.56. The van der Waals surface area contributed by atoms with Gasteiger partial charge >= 0.3 is 29.6 Å². The average molecular weight is 446 g/mol. The van der Waals surface area contributed by atoms with Crippen LogP contribution in [0.5, 0.6) is 0 Å². The summed E-state index contributed by atoms with van der Waals surface area (Å²) in [7, 11) is 0. The Hall–Kier alpha value is -2.25. The van der Waals surface area contributed by atoms with Gasteiger partial charge in [-0.25, -0.2) is 4.39 Å². The summed E-state index contributed by atoms with van der Waals surface area (Å²) in [6, 6.07) is 10.6. The number of carbonyl (C=O) groups excluding carboxylic acids is 2. The molecule has 1 atom stereocenters. The number of carboxylic acid groups (broad SMARTS) is 1. The summed E-state index contributed by atoms with van der Waals surface area (Å²) in [5.74, 6) is -1.54. The third-order valence-corrected chi connectivity index (χ3v) is 5.10. The zero-order valence-corrected chi connectivity index (χ0v) is 20.6. The van der Waals surface area contributed by atoms with E-state index in [1.54, 1.807) is 19.1 Å². The first-order valence-electron chi connectivity index (χ1n) is 10.1. The quantitative estimate of drug-likeness (QED) is 0.414. The van der Waals surface area contributed by atoms with E-state index >= 15 is 0 Å². The van der Waals surface area contributed by atoms with E-state index in [1.807, 2.05) is 18.2 Å². The van der Waals surface area contributed by atoms with Crippen molar-refractivity contribution in [1.82, 2.24) is 0 Å². The molecule has 162 valence electrons. The van der Waals surface area contributed by atoms with E-state index in [1.165, 1.54) is 18.2 Å². The van der Waals surface area contributed by atoms with Crippen molar-refractivity contribution in [3.63, 3.8) is 0 Å². The van der Waals surface area contributed by atoms with Gasteiger partial charge in [-0.1, -0.05) is 38.1 Å². The summed E-state index contributed by atoms with van der Waals surface area (Å²) in [6.45, 7) is 5.78. The number of fused-ring (bicyclic) bond motifs is 1. The maximum Gasteiger partial charge on any atom is 1.00 e. The number of para-hydroxylation sites is 1. The van der Waals surface area contributed by atoms with E-state index in [0.717, 1.165) is 22.1 Å². The number of allylic oxidation sites excluding steroid dienone is 1. The Morgan fingerprint density at radius 2 is 1.91 bits per heavy atom. The van der Waals surface area contributed by atoms with Gasteiger partial charge in [-0.15, -0.1) is 0 Å². The fourth-order valence-electron chi connectivity index (χ4n) is 3.56. The zero-order chi connectivity index (χ0) is 22.7. The van der Waals surface area contributed by atoms with Crippen LogP contribution in [0.25, 0.3) is 28.2 Å². The number of hydrogen-bond donors (Lipinski definition) is 1. The summed E-state index contributed by atoms with van der Waals surface area (Å²) >= 11 is 0. The second-order valence-corrected chi connectivity index (χ2v) is 7.92. The summed E-state index contributed by atoms with van der Waals surface area (Å²) < 4.78 is 20.0. The Labute approximate surface area is 208 Å². The van der Waals surface area contributed by atoms with Crippen molar-refractivity contribution in [2.45, 2.75) is 45.6 Å². The van der Waals surface area contributed by atoms with E-state index in [2.05, 4.69) is 13.8 Å². The van der Waals surface area contributed by atoms with Crippen LogP contribution in [0.1, 0.15) is 49.5 Å². The van der Waals surface area contributed by atoms with Gasteiger partial charge in [0.1, 0.15) is 17.2 Å². The van der Waals surface area contributed by atoms with Crippen LogP contribution >= 0.6 is 0 Å². The molecular weight excluding hydrogens is 422 g/mol. The normalized spacial score (nSPS) is 12.3. The van der Waals surface area contributed by atoms with Gasteiger partial charge in [-0.05, 0) is 53.8 Å². The van der Waals surface area contributed by atoms with Crippen molar-refractivity contribution in [2.24, 2.45) is 0 Å². The molecule has 7 heteroatoms. The summed E-state index contributed by atoms with van der Waals surface area (Å²) in [5.41, 5.74) is 3.68. The van der Waals surface area contributed by atoms with Gasteiger partial charge in [-0.2, -0.15) is 0 Å². The largest absolute Gasteiger partial charge is 1.00 e. The molecule has 0 spiro atoms. The molecule has 0 saturated carbocycles. The maximum absolute atomic E-state index is 13.8. The van der Waals surface area contributed by atoms with Crippen molar-refractivity contribution in [3.05, 3.63) is 65.2 Å². The van der Waals surface area contributed by atoms with E-state index < -0.39 is 24.3 Å². The van der Waals surface area contributed by atoms with Gasteiger partial charge in [0.15, 0.2) is 5.78 Å². The Morgan fingerprint density at radius 1 is 1.19 bits per heavy atom. The number of carboxylic acids is 1. The maximum atomic E-state index is 13.8. The number of aliphatic carboxylic acids is 1. The first kappa shape index (κ1) is 26.0.